The number of rotatable bonds is 3. The van der Waals surface area contributed by atoms with Crippen molar-refractivity contribution in [2.45, 2.75) is 26.3 Å². The second-order valence-corrected chi connectivity index (χ2v) is 5.94. The first-order valence-electron chi connectivity index (χ1n) is 6.06. The molecule has 0 bridgehead atoms. The number of benzene rings is 1. The predicted molar refractivity (Wildman–Crippen MR) is 73.7 cm³/mol. The van der Waals surface area contributed by atoms with Crippen LogP contribution in [0.25, 0.3) is 11.0 Å². The van der Waals surface area contributed by atoms with Crippen LogP contribution in [0.15, 0.2) is 22.7 Å². The number of halogens is 1. The molecule has 1 heterocycles. The number of aromatic nitrogens is 2. The first-order valence-corrected chi connectivity index (χ1v) is 6.85. The number of imidazole rings is 1. The molecule has 1 aromatic heterocycles. The summed E-state index contributed by atoms with van der Waals surface area (Å²) >= 11 is 3.50. The summed E-state index contributed by atoms with van der Waals surface area (Å²) in [7, 11) is 0. The molecule has 17 heavy (non-hydrogen) atoms. The summed E-state index contributed by atoms with van der Waals surface area (Å²) in [6.45, 7) is 3.28. The van der Waals surface area contributed by atoms with Gasteiger partial charge in [-0.3, -0.25) is 0 Å². The van der Waals surface area contributed by atoms with E-state index < -0.39 is 0 Å². The van der Waals surface area contributed by atoms with E-state index in [1.807, 2.05) is 12.1 Å². The maximum absolute atomic E-state index is 6.01. The Labute approximate surface area is 109 Å². The normalized spacial score (nSPS) is 17.5. The van der Waals surface area contributed by atoms with Crippen LogP contribution >= 0.6 is 15.9 Å². The van der Waals surface area contributed by atoms with Gasteiger partial charge in [-0.15, -0.1) is 0 Å². The van der Waals surface area contributed by atoms with Crippen LogP contribution < -0.4 is 5.73 Å². The molecule has 90 valence electrons. The van der Waals surface area contributed by atoms with Crippen LogP contribution in [-0.4, -0.2) is 9.55 Å². The Bertz CT molecular complexity index is 557. The van der Waals surface area contributed by atoms with Gasteiger partial charge in [-0.05, 0) is 42.9 Å². The lowest BCUT2D eigenvalue weighted by molar-refractivity contribution is 0.439. The Morgan fingerprint density at radius 2 is 2.29 bits per heavy atom. The number of nitrogen functional groups attached to an aromatic ring is 1. The highest BCUT2D eigenvalue weighted by Crippen LogP contribution is 2.38. The molecule has 1 aliphatic rings. The maximum Gasteiger partial charge on any atom is 0.201 e. The fraction of sp³-hybridized carbons (Fsp3) is 0.462. The number of fused-ring (bicyclic) bond motifs is 1. The molecule has 1 saturated carbocycles. The monoisotopic (exact) mass is 293 g/mol. The summed E-state index contributed by atoms with van der Waals surface area (Å²) in [5.74, 6) is 2.21. The van der Waals surface area contributed by atoms with Crippen molar-refractivity contribution < 1.29 is 0 Å². The Morgan fingerprint density at radius 1 is 1.53 bits per heavy atom. The molecule has 0 saturated heterocycles. The van der Waals surface area contributed by atoms with Gasteiger partial charge in [-0.1, -0.05) is 22.9 Å². The third-order valence-corrected chi connectivity index (χ3v) is 4.13. The smallest absolute Gasteiger partial charge is 0.201 e. The molecular weight excluding hydrogens is 278 g/mol. The van der Waals surface area contributed by atoms with E-state index in [1.165, 1.54) is 12.8 Å². The summed E-state index contributed by atoms with van der Waals surface area (Å²) in [4.78, 5) is 4.41. The molecule has 0 radical (unpaired) electrons. The second kappa shape index (κ2) is 4.02. The molecule has 1 aliphatic carbocycles. The number of nitrogens with two attached hydrogens (primary N) is 1. The molecule has 1 unspecified atom stereocenters. The molecule has 0 spiro atoms. The molecule has 0 amide bonds. The van der Waals surface area contributed by atoms with E-state index in [2.05, 4.69) is 38.5 Å². The SMILES string of the molecule is CC(Cn1c(N)nc2ccc(Br)cc21)C1CC1. The zero-order valence-corrected chi connectivity index (χ0v) is 11.4. The average molecular weight is 294 g/mol. The Kier molecular flexibility index (Phi) is 2.62. The summed E-state index contributed by atoms with van der Waals surface area (Å²) in [5.41, 5.74) is 8.12. The zero-order valence-electron chi connectivity index (χ0n) is 9.86. The van der Waals surface area contributed by atoms with Crippen molar-refractivity contribution in [2.75, 3.05) is 5.73 Å². The molecule has 3 rings (SSSR count). The maximum atomic E-state index is 6.01. The molecule has 1 fully saturated rings. The van der Waals surface area contributed by atoms with Crippen LogP contribution in [0.3, 0.4) is 0 Å². The lowest BCUT2D eigenvalue weighted by Gasteiger charge is -2.13. The van der Waals surface area contributed by atoms with Crippen molar-refractivity contribution in [1.29, 1.82) is 0 Å². The minimum Gasteiger partial charge on any atom is -0.369 e. The van der Waals surface area contributed by atoms with E-state index in [-0.39, 0.29) is 0 Å². The number of nitrogens with zero attached hydrogens (tertiary/aromatic N) is 2. The first-order chi connectivity index (χ1) is 8.15. The fourth-order valence-corrected chi connectivity index (χ4v) is 2.76. The lowest BCUT2D eigenvalue weighted by atomic mass is 10.1. The van der Waals surface area contributed by atoms with Gasteiger partial charge in [0.25, 0.3) is 0 Å². The van der Waals surface area contributed by atoms with Crippen LogP contribution in [-0.2, 0) is 6.54 Å². The molecular formula is C13H16BrN3. The Morgan fingerprint density at radius 3 is 3.00 bits per heavy atom. The van der Waals surface area contributed by atoms with Crippen molar-refractivity contribution >= 4 is 32.9 Å². The van der Waals surface area contributed by atoms with Gasteiger partial charge in [0.1, 0.15) is 0 Å². The molecule has 0 aliphatic heterocycles. The van der Waals surface area contributed by atoms with E-state index in [1.54, 1.807) is 0 Å². The van der Waals surface area contributed by atoms with E-state index in [0.717, 1.165) is 28.0 Å². The van der Waals surface area contributed by atoms with E-state index in [4.69, 9.17) is 5.73 Å². The number of hydrogen-bond donors (Lipinski definition) is 1. The molecule has 2 N–H and O–H groups in total. The van der Waals surface area contributed by atoms with Crippen LogP contribution in [0.2, 0.25) is 0 Å². The highest BCUT2D eigenvalue weighted by molar-refractivity contribution is 9.10. The van der Waals surface area contributed by atoms with Gasteiger partial charge in [0.15, 0.2) is 0 Å². The van der Waals surface area contributed by atoms with E-state index in [9.17, 15) is 0 Å². The van der Waals surface area contributed by atoms with Gasteiger partial charge in [0, 0.05) is 11.0 Å². The van der Waals surface area contributed by atoms with Crippen LogP contribution in [0.5, 0.6) is 0 Å². The van der Waals surface area contributed by atoms with Gasteiger partial charge in [-0.25, -0.2) is 4.98 Å². The Hall–Kier alpha value is -1.03. The van der Waals surface area contributed by atoms with Crippen molar-refractivity contribution in [1.82, 2.24) is 9.55 Å². The topological polar surface area (TPSA) is 43.8 Å². The van der Waals surface area contributed by atoms with Gasteiger partial charge >= 0.3 is 0 Å². The van der Waals surface area contributed by atoms with Crippen molar-refractivity contribution in [3.63, 3.8) is 0 Å². The fourth-order valence-electron chi connectivity index (χ4n) is 2.41. The van der Waals surface area contributed by atoms with Gasteiger partial charge in [-0.2, -0.15) is 0 Å². The van der Waals surface area contributed by atoms with Crippen LogP contribution in [0.4, 0.5) is 5.95 Å². The quantitative estimate of drug-likeness (QED) is 0.942. The van der Waals surface area contributed by atoms with Crippen LogP contribution in [0, 0.1) is 11.8 Å². The minimum atomic E-state index is 0.630. The largest absolute Gasteiger partial charge is 0.369 e. The molecule has 1 atom stereocenters. The molecule has 1 aromatic carbocycles. The number of anilines is 1. The minimum absolute atomic E-state index is 0.630. The Balaban J connectivity index is 2.01. The standard InChI is InChI=1S/C13H16BrN3/c1-8(9-2-3-9)7-17-12-6-10(14)4-5-11(12)16-13(17)15/h4-6,8-9H,2-3,7H2,1H3,(H2,15,16). The zero-order chi connectivity index (χ0) is 12.0. The van der Waals surface area contributed by atoms with Crippen molar-refractivity contribution in [2.24, 2.45) is 11.8 Å². The first kappa shape index (κ1) is 11.1. The second-order valence-electron chi connectivity index (χ2n) is 5.03. The summed E-state index contributed by atoms with van der Waals surface area (Å²) < 4.78 is 3.22. The molecule has 4 heteroatoms. The average Bonchev–Trinajstić information content (AvgIpc) is 3.08. The van der Waals surface area contributed by atoms with Gasteiger partial charge in [0.2, 0.25) is 5.95 Å². The lowest BCUT2D eigenvalue weighted by Crippen LogP contribution is -2.11. The third kappa shape index (κ3) is 2.06. The third-order valence-electron chi connectivity index (χ3n) is 3.64. The molecule has 2 aromatic rings. The van der Waals surface area contributed by atoms with Crippen LogP contribution in [0.1, 0.15) is 19.8 Å². The van der Waals surface area contributed by atoms with Crippen molar-refractivity contribution in [3.8, 4) is 0 Å². The highest BCUT2D eigenvalue weighted by Gasteiger charge is 2.28. The summed E-state index contributed by atoms with van der Waals surface area (Å²) in [5, 5.41) is 0. The number of hydrogen-bond acceptors (Lipinski definition) is 2. The summed E-state index contributed by atoms with van der Waals surface area (Å²) in [6, 6.07) is 6.11. The predicted octanol–water partition coefficient (Wildman–Crippen LogP) is 3.43. The highest BCUT2D eigenvalue weighted by atomic mass is 79.9. The van der Waals surface area contributed by atoms with Gasteiger partial charge < -0.3 is 10.3 Å². The van der Waals surface area contributed by atoms with E-state index >= 15 is 0 Å². The van der Waals surface area contributed by atoms with Crippen molar-refractivity contribution in [3.05, 3.63) is 22.7 Å². The van der Waals surface area contributed by atoms with E-state index in [0.29, 0.717) is 11.9 Å². The molecule has 3 nitrogen and oxygen atoms in total. The van der Waals surface area contributed by atoms with Gasteiger partial charge in [0.05, 0.1) is 11.0 Å². The summed E-state index contributed by atoms with van der Waals surface area (Å²) in [6.07, 6.45) is 2.74.